The van der Waals surface area contributed by atoms with Crippen LogP contribution in [0.5, 0.6) is 5.75 Å². The highest BCUT2D eigenvalue weighted by Gasteiger charge is 2.32. The van der Waals surface area contributed by atoms with Gasteiger partial charge in [-0.1, -0.05) is 19.1 Å². The van der Waals surface area contributed by atoms with Crippen molar-refractivity contribution in [3.63, 3.8) is 0 Å². The number of halogens is 3. The topological polar surface area (TPSA) is 9.23 Å². The molecule has 0 heterocycles. The van der Waals surface area contributed by atoms with Crippen molar-refractivity contribution in [2.24, 2.45) is 0 Å². The zero-order chi connectivity index (χ0) is 11.6. The second-order valence-corrected chi connectivity index (χ2v) is 3.46. The van der Waals surface area contributed by atoms with Crippen LogP contribution < -0.4 is 4.74 Å². The minimum atomic E-state index is -4.62. The van der Waals surface area contributed by atoms with Gasteiger partial charge in [-0.3, -0.25) is 0 Å². The van der Waals surface area contributed by atoms with Gasteiger partial charge in [0.05, 0.1) is 0 Å². The third-order valence-corrected chi connectivity index (χ3v) is 2.15. The van der Waals surface area contributed by atoms with E-state index in [-0.39, 0.29) is 5.75 Å². The summed E-state index contributed by atoms with van der Waals surface area (Å²) in [5.74, 6) is -0.0836. The number of alkyl halides is 3. The maximum absolute atomic E-state index is 12.1. The molecule has 0 radical (unpaired) electrons. The van der Waals surface area contributed by atoms with Crippen molar-refractivity contribution in [1.82, 2.24) is 0 Å². The van der Waals surface area contributed by atoms with Crippen LogP contribution in [0.1, 0.15) is 23.6 Å². The first-order chi connectivity index (χ1) is 6.83. The van der Waals surface area contributed by atoms with Gasteiger partial charge in [0.25, 0.3) is 0 Å². The van der Waals surface area contributed by atoms with Gasteiger partial charge in [0.1, 0.15) is 5.75 Å². The molecule has 0 saturated carbocycles. The molecule has 0 unspecified atom stereocenters. The Hall–Kier alpha value is -1.19. The van der Waals surface area contributed by atoms with E-state index in [4.69, 9.17) is 0 Å². The highest BCUT2D eigenvalue weighted by atomic mass is 19.4. The van der Waals surface area contributed by atoms with Crippen molar-refractivity contribution in [1.29, 1.82) is 0 Å². The fraction of sp³-hybridized carbons (Fsp3) is 0.455. The van der Waals surface area contributed by atoms with Crippen molar-refractivity contribution in [3.05, 3.63) is 28.8 Å². The lowest BCUT2D eigenvalue weighted by Gasteiger charge is -2.15. The SMILES string of the molecule is CCc1cc(C)c(OC(F)(F)F)c(C)c1. The molecule has 0 aliphatic rings. The molecule has 0 amide bonds. The Balaban J connectivity index is 3.09. The smallest absolute Gasteiger partial charge is 0.405 e. The Labute approximate surface area is 86.9 Å². The first-order valence-electron chi connectivity index (χ1n) is 4.69. The monoisotopic (exact) mass is 218 g/mol. The van der Waals surface area contributed by atoms with Gasteiger partial charge in [-0.05, 0) is 37.0 Å². The number of aryl methyl sites for hydroxylation is 3. The molecule has 4 heteroatoms. The van der Waals surface area contributed by atoms with Crippen LogP contribution in [-0.4, -0.2) is 6.36 Å². The minimum absolute atomic E-state index is 0.0836. The molecule has 84 valence electrons. The van der Waals surface area contributed by atoms with Gasteiger partial charge in [-0.2, -0.15) is 0 Å². The zero-order valence-electron chi connectivity index (χ0n) is 8.90. The van der Waals surface area contributed by atoms with Crippen LogP contribution in [0.3, 0.4) is 0 Å². The van der Waals surface area contributed by atoms with Crippen LogP contribution in [0.4, 0.5) is 13.2 Å². The van der Waals surface area contributed by atoms with Gasteiger partial charge < -0.3 is 4.74 Å². The summed E-state index contributed by atoms with van der Waals surface area (Å²) in [6.45, 7) is 5.19. The Bertz CT molecular complexity index is 332. The molecule has 0 atom stereocenters. The maximum atomic E-state index is 12.1. The van der Waals surface area contributed by atoms with E-state index < -0.39 is 6.36 Å². The average Bonchev–Trinajstić information content (AvgIpc) is 2.09. The number of rotatable bonds is 2. The Morgan fingerprint density at radius 2 is 1.60 bits per heavy atom. The van der Waals surface area contributed by atoms with Crippen molar-refractivity contribution in [2.45, 2.75) is 33.6 Å². The summed E-state index contributed by atoms with van der Waals surface area (Å²) in [5.41, 5.74) is 2.05. The normalized spacial score (nSPS) is 11.6. The highest BCUT2D eigenvalue weighted by Crippen LogP contribution is 2.30. The molecular weight excluding hydrogens is 205 g/mol. The summed E-state index contributed by atoms with van der Waals surface area (Å²) in [7, 11) is 0. The summed E-state index contributed by atoms with van der Waals surface area (Å²) in [6.07, 6.45) is -3.82. The molecule has 0 saturated heterocycles. The van der Waals surface area contributed by atoms with Gasteiger partial charge in [0, 0.05) is 0 Å². The van der Waals surface area contributed by atoms with E-state index in [0.29, 0.717) is 11.1 Å². The average molecular weight is 218 g/mol. The lowest BCUT2D eigenvalue weighted by molar-refractivity contribution is -0.275. The van der Waals surface area contributed by atoms with E-state index in [2.05, 4.69) is 4.74 Å². The summed E-state index contributed by atoms with van der Waals surface area (Å²) in [5, 5.41) is 0. The molecule has 0 aliphatic carbocycles. The molecule has 1 aromatic carbocycles. The van der Waals surface area contributed by atoms with E-state index in [1.54, 1.807) is 26.0 Å². The Kier molecular flexibility index (Phi) is 3.27. The molecule has 1 nitrogen and oxygen atoms in total. The second kappa shape index (κ2) is 4.13. The fourth-order valence-electron chi connectivity index (χ4n) is 1.52. The van der Waals surface area contributed by atoms with Gasteiger partial charge >= 0.3 is 6.36 Å². The lowest BCUT2D eigenvalue weighted by Crippen LogP contribution is -2.18. The van der Waals surface area contributed by atoms with Crippen molar-refractivity contribution < 1.29 is 17.9 Å². The number of benzene rings is 1. The first-order valence-corrected chi connectivity index (χ1v) is 4.69. The fourth-order valence-corrected chi connectivity index (χ4v) is 1.52. The quantitative estimate of drug-likeness (QED) is 0.734. The van der Waals surface area contributed by atoms with E-state index in [9.17, 15) is 13.2 Å². The van der Waals surface area contributed by atoms with Gasteiger partial charge in [0.2, 0.25) is 0 Å². The summed E-state index contributed by atoms with van der Waals surface area (Å²) >= 11 is 0. The summed E-state index contributed by atoms with van der Waals surface area (Å²) in [6, 6.07) is 3.43. The van der Waals surface area contributed by atoms with Crippen LogP contribution in [0.15, 0.2) is 12.1 Å². The molecule has 1 rings (SSSR count). The molecule has 1 aromatic rings. The Morgan fingerprint density at radius 1 is 1.13 bits per heavy atom. The van der Waals surface area contributed by atoms with Crippen LogP contribution in [-0.2, 0) is 6.42 Å². The van der Waals surface area contributed by atoms with Gasteiger partial charge in [-0.25, -0.2) is 0 Å². The van der Waals surface area contributed by atoms with Crippen molar-refractivity contribution >= 4 is 0 Å². The lowest BCUT2D eigenvalue weighted by atomic mass is 10.0. The van der Waals surface area contributed by atoms with E-state index in [1.807, 2.05) is 6.92 Å². The molecule has 15 heavy (non-hydrogen) atoms. The van der Waals surface area contributed by atoms with E-state index in [0.717, 1.165) is 12.0 Å². The summed E-state index contributed by atoms with van der Waals surface area (Å²) in [4.78, 5) is 0. The number of hydrogen-bond acceptors (Lipinski definition) is 1. The van der Waals surface area contributed by atoms with Crippen LogP contribution in [0.25, 0.3) is 0 Å². The largest absolute Gasteiger partial charge is 0.573 e. The third kappa shape index (κ3) is 3.15. The maximum Gasteiger partial charge on any atom is 0.573 e. The van der Waals surface area contributed by atoms with Crippen LogP contribution in [0.2, 0.25) is 0 Å². The second-order valence-electron chi connectivity index (χ2n) is 3.46. The van der Waals surface area contributed by atoms with Crippen molar-refractivity contribution in [3.8, 4) is 5.75 Å². The zero-order valence-corrected chi connectivity index (χ0v) is 8.90. The van der Waals surface area contributed by atoms with Crippen LogP contribution >= 0.6 is 0 Å². The van der Waals surface area contributed by atoms with Gasteiger partial charge in [0.15, 0.2) is 0 Å². The summed E-state index contributed by atoms with van der Waals surface area (Å²) < 4.78 is 40.1. The molecule has 0 bridgehead atoms. The minimum Gasteiger partial charge on any atom is -0.405 e. The van der Waals surface area contributed by atoms with Crippen LogP contribution in [0, 0.1) is 13.8 Å². The third-order valence-electron chi connectivity index (χ3n) is 2.15. The molecule has 0 fully saturated rings. The standard InChI is InChI=1S/C11H13F3O/c1-4-9-5-7(2)10(8(3)6-9)15-11(12,13)14/h5-6H,4H2,1-3H3. The number of hydrogen-bond donors (Lipinski definition) is 0. The highest BCUT2D eigenvalue weighted by molar-refractivity contribution is 5.43. The number of ether oxygens (including phenoxy) is 1. The predicted octanol–water partition coefficient (Wildman–Crippen LogP) is 3.76. The van der Waals surface area contributed by atoms with Crippen molar-refractivity contribution in [2.75, 3.05) is 0 Å². The Morgan fingerprint density at radius 3 is 1.93 bits per heavy atom. The molecular formula is C11H13F3O. The van der Waals surface area contributed by atoms with Gasteiger partial charge in [-0.15, -0.1) is 13.2 Å². The predicted molar refractivity (Wildman–Crippen MR) is 52.0 cm³/mol. The molecule has 0 spiro atoms. The first kappa shape index (κ1) is 11.9. The van der Waals surface area contributed by atoms with E-state index in [1.165, 1.54) is 0 Å². The molecule has 0 aliphatic heterocycles. The van der Waals surface area contributed by atoms with E-state index >= 15 is 0 Å². The molecule has 0 N–H and O–H groups in total. The molecule has 0 aromatic heterocycles.